The van der Waals surface area contributed by atoms with E-state index in [4.69, 9.17) is 5.26 Å². The van der Waals surface area contributed by atoms with Gasteiger partial charge in [-0.2, -0.15) is 5.26 Å². The Morgan fingerprint density at radius 3 is 1.81 bits per heavy atom. The average Bonchev–Trinajstić information content (AvgIpc) is 2.53. The number of hydrogen-bond donors (Lipinski definition) is 1. The summed E-state index contributed by atoms with van der Waals surface area (Å²) in [6.07, 6.45) is 0.412. The Hall–Kier alpha value is -2.86. The van der Waals surface area contributed by atoms with Crippen LogP contribution in [0.15, 0.2) is 66.2 Å². The van der Waals surface area contributed by atoms with Crippen molar-refractivity contribution in [3.8, 4) is 6.07 Å². The minimum absolute atomic E-state index is 0.185. The lowest BCUT2D eigenvalue weighted by Gasteiger charge is -2.13. The number of benzene rings is 2. The van der Waals surface area contributed by atoms with Crippen molar-refractivity contribution in [2.24, 2.45) is 0 Å². The van der Waals surface area contributed by atoms with Gasteiger partial charge >= 0.3 is 5.97 Å². The fourth-order valence-electron chi connectivity index (χ4n) is 2.24. The van der Waals surface area contributed by atoms with Crippen LogP contribution in [-0.4, -0.2) is 11.1 Å². The van der Waals surface area contributed by atoms with Gasteiger partial charge in [-0.15, -0.1) is 0 Å². The van der Waals surface area contributed by atoms with Crippen LogP contribution in [0.2, 0.25) is 0 Å². The second-order valence-electron chi connectivity index (χ2n) is 4.55. The zero-order chi connectivity index (χ0) is 15.1. The van der Waals surface area contributed by atoms with Gasteiger partial charge in [0.2, 0.25) is 0 Å². The van der Waals surface area contributed by atoms with E-state index >= 15 is 0 Å². The van der Waals surface area contributed by atoms with E-state index in [1.54, 1.807) is 0 Å². The highest BCUT2D eigenvalue weighted by Gasteiger charge is 2.17. The van der Waals surface area contributed by atoms with Crippen LogP contribution in [-0.2, 0) is 4.79 Å². The maximum absolute atomic E-state index is 11.6. The summed E-state index contributed by atoms with van der Waals surface area (Å²) in [4.78, 5) is 11.6. The average molecular weight is 277 g/mol. The molecule has 21 heavy (non-hydrogen) atoms. The molecule has 2 rings (SSSR count). The molecule has 1 N–H and O–H groups in total. The Morgan fingerprint density at radius 1 is 0.952 bits per heavy atom. The van der Waals surface area contributed by atoms with E-state index in [1.807, 2.05) is 66.7 Å². The molecule has 0 saturated heterocycles. The maximum atomic E-state index is 11.6. The van der Waals surface area contributed by atoms with E-state index in [0.29, 0.717) is 5.57 Å². The van der Waals surface area contributed by atoms with Gasteiger partial charge in [-0.1, -0.05) is 60.7 Å². The molecule has 0 aliphatic heterocycles. The van der Waals surface area contributed by atoms with E-state index in [9.17, 15) is 9.90 Å². The van der Waals surface area contributed by atoms with Crippen molar-refractivity contribution >= 4 is 11.5 Å². The highest BCUT2D eigenvalue weighted by Crippen LogP contribution is 2.29. The van der Waals surface area contributed by atoms with Crippen molar-refractivity contribution in [3.63, 3.8) is 0 Å². The van der Waals surface area contributed by atoms with Crippen LogP contribution in [0, 0.1) is 11.3 Å². The van der Waals surface area contributed by atoms with Gasteiger partial charge in [0.05, 0.1) is 6.07 Å². The minimum Gasteiger partial charge on any atom is -0.478 e. The molecule has 0 saturated carbocycles. The van der Waals surface area contributed by atoms with Gasteiger partial charge in [-0.3, -0.25) is 0 Å². The Labute approximate surface area is 123 Å². The SMILES string of the molecule is N#CCCC(C(=O)O)=C(c1ccccc1)c1ccccc1. The number of nitrogens with zero attached hydrogens (tertiary/aromatic N) is 1. The number of hydrogen-bond acceptors (Lipinski definition) is 2. The Balaban J connectivity index is 2.65. The van der Waals surface area contributed by atoms with Crippen molar-refractivity contribution in [1.29, 1.82) is 5.26 Å². The third kappa shape index (κ3) is 3.58. The van der Waals surface area contributed by atoms with Crippen molar-refractivity contribution in [3.05, 3.63) is 77.4 Å². The molecule has 3 heteroatoms. The van der Waals surface area contributed by atoms with Crippen LogP contribution in [0.3, 0.4) is 0 Å². The lowest BCUT2D eigenvalue weighted by Crippen LogP contribution is -2.05. The molecule has 0 atom stereocenters. The number of aliphatic carboxylic acids is 1. The van der Waals surface area contributed by atoms with E-state index in [0.717, 1.165) is 11.1 Å². The highest BCUT2D eigenvalue weighted by molar-refractivity contribution is 6.00. The van der Waals surface area contributed by atoms with E-state index in [1.165, 1.54) is 0 Å². The molecule has 3 nitrogen and oxygen atoms in total. The number of carboxylic acid groups (broad SMARTS) is 1. The van der Waals surface area contributed by atoms with Gasteiger partial charge in [-0.05, 0) is 23.1 Å². The van der Waals surface area contributed by atoms with Crippen LogP contribution in [0.5, 0.6) is 0 Å². The molecule has 2 aromatic carbocycles. The summed E-state index contributed by atoms with van der Waals surface area (Å²) in [6.45, 7) is 0. The summed E-state index contributed by atoms with van der Waals surface area (Å²) in [6, 6.07) is 20.8. The van der Waals surface area contributed by atoms with Crippen LogP contribution in [0.25, 0.3) is 5.57 Å². The topological polar surface area (TPSA) is 61.1 Å². The van der Waals surface area contributed by atoms with Crippen molar-refractivity contribution in [2.45, 2.75) is 12.8 Å². The normalized spacial score (nSPS) is 9.67. The summed E-state index contributed by atoms with van der Waals surface area (Å²) < 4.78 is 0. The molecule has 0 aliphatic rings. The first kappa shape index (κ1) is 14.5. The fourth-order valence-corrected chi connectivity index (χ4v) is 2.24. The van der Waals surface area contributed by atoms with Gasteiger partial charge in [0.25, 0.3) is 0 Å². The zero-order valence-corrected chi connectivity index (χ0v) is 11.5. The molecule has 0 spiro atoms. The predicted molar refractivity (Wildman–Crippen MR) is 81.4 cm³/mol. The summed E-state index contributed by atoms with van der Waals surface area (Å²) in [5, 5.41) is 18.3. The number of carboxylic acids is 1. The molecule has 0 aromatic heterocycles. The summed E-state index contributed by atoms with van der Waals surface area (Å²) in [5.74, 6) is -0.979. The Morgan fingerprint density at radius 2 is 1.43 bits per heavy atom. The first-order chi connectivity index (χ1) is 10.2. The molecule has 0 unspecified atom stereocenters. The number of rotatable bonds is 5. The van der Waals surface area contributed by atoms with Crippen molar-refractivity contribution in [1.82, 2.24) is 0 Å². The van der Waals surface area contributed by atoms with Gasteiger partial charge < -0.3 is 5.11 Å². The van der Waals surface area contributed by atoms with Crippen LogP contribution in [0.4, 0.5) is 0 Å². The van der Waals surface area contributed by atoms with Crippen molar-refractivity contribution < 1.29 is 9.90 Å². The second-order valence-corrected chi connectivity index (χ2v) is 4.55. The summed E-state index contributed by atoms with van der Waals surface area (Å²) in [5.41, 5.74) is 2.64. The molecule has 104 valence electrons. The number of carbonyl (C=O) groups is 1. The van der Waals surface area contributed by atoms with E-state index in [-0.39, 0.29) is 18.4 Å². The van der Waals surface area contributed by atoms with Gasteiger partial charge in [0, 0.05) is 12.0 Å². The lowest BCUT2D eigenvalue weighted by atomic mass is 9.91. The largest absolute Gasteiger partial charge is 0.478 e. The molecule has 0 amide bonds. The molecule has 2 aromatic rings. The summed E-state index contributed by atoms with van der Waals surface area (Å²) in [7, 11) is 0. The molecule has 0 aliphatic carbocycles. The molecular formula is C18H15NO2. The molecule has 0 heterocycles. The smallest absolute Gasteiger partial charge is 0.332 e. The first-order valence-electron chi connectivity index (χ1n) is 6.68. The molecular weight excluding hydrogens is 262 g/mol. The fraction of sp³-hybridized carbons (Fsp3) is 0.111. The Kier molecular flexibility index (Phi) is 4.89. The standard InChI is InChI=1S/C18H15NO2/c19-13-7-12-16(18(20)21)17(14-8-3-1-4-9-14)15-10-5-2-6-11-15/h1-6,8-11H,7,12H2,(H,20,21). The van der Waals surface area contributed by atoms with Crippen LogP contribution in [0.1, 0.15) is 24.0 Å². The van der Waals surface area contributed by atoms with Gasteiger partial charge in [0.1, 0.15) is 0 Å². The summed E-state index contributed by atoms with van der Waals surface area (Å²) >= 11 is 0. The monoisotopic (exact) mass is 277 g/mol. The molecule has 0 bridgehead atoms. The highest BCUT2D eigenvalue weighted by atomic mass is 16.4. The predicted octanol–water partition coefficient (Wildman–Crippen LogP) is 3.88. The first-order valence-corrected chi connectivity index (χ1v) is 6.68. The quantitative estimate of drug-likeness (QED) is 0.844. The molecule has 0 radical (unpaired) electrons. The van der Waals surface area contributed by atoms with Gasteiger partial charge in [-0.25, -0.2) is 4.79 Å². The van der Waals surface area contributed by atoms with Crippen LogP contribution >= 0.6 is 0 Å². The second kappa shape index (κ2) is 7.06. The van der Waals surface area contributed by atoms with Gasteiger partial charge in [0.15, 0.2) is 0 Å². The third-order valence-electron chi connectivity index (χ3n) is 3.17. The number of nitriles is 1. The maximum Gasteiger partial charge on any atom is 0.332 e. The van der Waals surface area contributed by atoms with E-state index < -0.39 is 5.97 Å². The Bertz CT molecular complexity index is 641. The van der Waals surface area contributed by atoms with Crippen molar-refractivity contribution in [2.75, 3.05) is 0 Å². The lowest BCUT2D eigenvalue weighted by molar-refractivity contribution is -0.132. The van der Waals surface area contributed by atoms with E-state index in [2.05, 4.69) is 0 Å². The molecule has 0 fully saturated rings. The zero-order valence-electron chi connectivity index (χ0n) is 11.5. The third-order valence-corrected chi connectivity index (χ3v) is 3.17. The van der Waals surface area contributed by atoms with Crippen LogP contribution < -0.4 is 0 Å². The minimum atomic E-state index is -0.979.